The molecule has 0 unspecified atom stereocenters. The number of hydrogen-bond donors (Lipinski definition) is 2. The summed E-state index contributed by atoms with van der Waals surface area (Å²) < 4.78 is 0. The first-order valence-corrected chi connectivity index (χ1v) is 5.56. The third-order valence-electron chi connectivity index (χ3n) is 2.42. The molecule has 5 heteroatoms. The van der Waals surface area contributed by atoms with E-state index in [1.54, 1.807) is 36.4 Å². The van der Waals surface area contributed by atoms with Crippen LogP contribution in [0.25, 0.3) is 0 Å². The molecule has 5 nitrogen and oxygen atoms in total. The summed E-state index contributed by atoms with van der Waals surface area (Å²) in [6.45, 7) is 0. The highest BCUT2D eigenvalue weighted by molar-refractivity contribution is 5.98. The van der Waals surface area contributed by atoms with Gasteiger partial charge in [-0.05, 0) is 12.1 Å². The first-order valence-electron chi connectivity index (χ1n) is 5.56. The van der Waals surface area contributed by atoms with Crippen molar-refractivity contribution in [2.75, 3.05) is 0 Å². The number of phenols is 1. The molecule has 0 radical (unpaired) electrons. The van der Waals surface area contributed by atoms with Crippen molar-refractivity contribution in [3.8, 4) is 5.75 Å². The van der Waals surface area contributed by atoms with Crippen molar-refractivity contribution in [3.63, 3.8) is 0 Å². The summed E-state index contributed by atoms with van der Waals surface area (Å²) in [6.07, 6.45) is 0. The number of phenolic OH excluding ortho intramolecular Hbond substituents is 1. The molecule has 96 valence electrons. The van der Waals surface area contributed by atoms with E-state index in [-0.39, 0.29) is 17.1 Å². The van der Waals surface area contributed by atoms with E-state index in [9.17, 15) is 9.90 Å². The number of nitrogens with zero attached hydrogens (tertiary/aromatic N) is 1. The van der Waals surface area contributed by atoms with Gasteiger partial charge in [0.25, 0.3) is 0 Å². The summed E-state index contributed by atoms with van der Waals surface area (Å²) in [5.74, 6) is -0.845. The minimum absolute atomic E-state index is 0.0344. The molecule has 2 aromatic rings. The summed E-state index contributed by atoms with van der Waals surface area (Å²) in [5.41, 5.74) is 6.35. The molecular weight excluding hydrogens is 244 g/mol. The summed E-state index contributed by atoms with van der Waals surface area (Å²) in [6, 6.07) is 15.0. The van der Waals surface area contributed by atoms with Crippen LogP contribution in [0.3, 0.4) is 0 Å². The Bertz CT molecular complexity index is 609. The zero-order chi connectivity index (χ0) is 13.7. The SMILES string of the molecule is NC(=NOC(=O)c1ccccc1O)c1ccccc1. The molecule has 0 aliphatic carbocycles. The van der Waals surface area contributed by atoms with Gasteiger partial charge in [-0.3, -0.25) is 0 Å². The van der Waals surface area contributed by atoms with E-state index in [4.69, 9.17) is 5.73 Å². The molecule has 0 spiro atoms. The number of carbonyl (C=O) groups excluding carboxylic acids is 1. The molecule has 0 saturated carbocycles. The molecular formula is C14H12N2O3. The van der Waals surface area contributed by atoms with Gasteiger partial charge >= 0.3 is 5.97 Å². The highest BCUT2D eigenvalue weighted by atomic mass is 16.7. The van der Waals surface area contributed by atoms with E-state index >= 15 is 0 Å². The molecule has 0 amide bonds. The van der Waals surface area contributed by atoms with Crippen LogP contribution in [0.2, 0.25) is 0 Å². The van der Waals surface area contributed by atoms with Gasteiger partial charge in [0.2, 0.25) is 0 Å². The second-order valence-electron chi connectivity index (χ2n) is 3.74. The van der Waals surface area contributed by atoms with Gasteiger partial charge in [-0.1, -0.05) is 47.6 Å². The predicted octanol–water partition coefficient (Wildman–Crippen LogP) is 1.87. The molecule has 19 heavy (non-hydrogen) atoms. The Kier molecular flexibility index (Phi) is 3.78. The van der Waals surface area contributed by atoms with E-state index in [0.29, 0.717) is 5.56 Å². The monoisotopic (exact) mass is 256 g/mol. The Morgan fingerprint density at radius 2 is 1.68 bits per heavy atom. The first kappa shape index (κ1) is 12.6. The van der Waals surface area contributed by atoms with Gasteiger partial charge in [0.05, 0.1) is 0 Å². The predicted molar refractivity (Wildman–Crippen MR) is 70.7 cm³/mol. The maximum atomic E-state index is 11.7. The van der Waals surface area contributed by atoms with Crippen LogP contribution in [0.4, 0.5) is 0 Å². The average Bonchev–Trinajstić information content (AvgIpc) is 2.46. The van der Waals surface area contributed by atoms with Crippen molar-refractivity contribution in [3.05, 3.63) is 65.7 Å². The molecule has 0 aliphatic heterocycles. The second kappa shape index (κ2) is 5.68. The molecule has 0 heterocycles. The minimum Gasteiger partial charge on any atom is -0.507 e. The number of rotatable bonds is 3. The maximum absolute atomic E-state index is 11.7. The lowest BCUT2D eigenvalue weighted by Crippen LogP contribution is -2.15. The van der Waals surface area contributed by atoms with Gasteiger partial charge in [-0.2, -0.15) is 0 Å². The molecule has 0 bridgehead atoms. The fraction of sp³-hybridized carbons (Fsp3) is 0. The van der Waals surface area contributed by atoms with E-state index in [2.05, 4.69) is 9.99 Å². The second-order valence-corrected chi connectivity index (χ2v) is 3.74. The largest absolute Gasteiger partial charge is 0.507 e. The number of nitrogens with two attached hydrogens (primary N) is 1. The van der Waals surface area contributed by atoms with Crippen molar-refractivity contribution in [2.45, 2.75) is 0 Å². The molecule has 2 rings (SSSR count). The van der Waals surface area contributed by atoms with Crippen molar-refractivity contribution < 1.29 is 14.7 Å². The number of oxime groups is 1. The van der Waals surface area contributed by atoms with Gasteiger partial charge < -0.3 is 15.7 Å². The van der Waals surface area contributed by atoms with E-state index < -0.39 is 5.97 Å². The number of amidine groups is 1. The normalized spacial score (nSPS) is 11.1. The molecule has 0 atom stereocenters. The summed E-state index contributed by atoms with van der Waals surface area (Å²) in [4.78, 5) is 16.3. The Labute approximate surface area is 109 Å². The van der Waals surface area contributed by atoms with Crippen LogP contribution in [0, 0.1) is 0 Å². The Morgan fingerprint density at radius 3 is 2.37 bits per heavy atom. The standard InChI is InChI=1S/C14H12N2O3/c15-13(10-6-2-1-3-7-10)16-19-14(18)11-8-4-5-9-12(11)17/h1-9,17H,(H2,15,16). The van der Waals surface area contributed by atoms with Crippen LogP contribution in [0.1, 0.15) is 15.9 Å². The van der Waals surface area contributed by atoms with E-state index in [1.807, 2.05) is 6.07 Å². The third kappa shape index (κ3) is 3.10. The van der Waals surface area contributed by atoms with Crippen molar-refractivity contribution >= 4 is 11.8 Å². The number of carbonyl (C=O) groups is 1. The van der Waals surface area contributed by atoms with E-state index in [1.165, 1.54) is 12.1 Å². The topological polar surface area (TPSA) is 84.9 Å². The Hall–Kier alpha value is -2.82. The highest BCUT2D eigenvalue weighted by Gasteiger charge is 2.12. The number of para-hydroxylation sites is 1. The van der Waals surface area contributed by atoms with Crippen LogP contribution in [-0.2, 0) is 4.84 Å². The lowest BCUT2D eigenvalue weighted by atomic mass is 10.2. The summed E-state index contributed by atoms with van der Waals surface area (Å²) >= 11 is 0. The third-order valence-corrected chi connectivity index (χ3v) is 2.42. The lowest BCUT2D eigenvalue weighted by molar-refractivity contribution is 0.0512. The van der Waals surface area contributed by atoms with Gasteiger partial charge in [0.15, 0.2) is 5.84 Å². The number of hydrogen-bond acceptors (Lipinski definition) is 4. The Balaban J connectivity index is 2.11. The first-order chi connectivity index (χ1) is 9.18. The fourth-order valence-corrected chi connectivity index (χ4v) is 1.45. The van der Waals surface area contributed by atoms with Crippen LogP contribution >= 0.6 is 0 Å². The minimum atomic E-state index is -0.767. The molecule has 0 fully saturated rings. The summed E-state index contributed by atoms with van der Waals surface area (Å²) in [5, 5.41) is 13.0. The number of aromatic hydroxyl groups is 1. The van der Waals surface area contributed by atoms with Crippen LogP contribution in [-0.4, -0.2) is 16.9 Å². The molecule has 0 aromatic heterocycles. The zero-order valence-electron chi connectivity index (χ0n) is 9.98. The van der Waals surface area contributed by atoms with Crippen LogP contribution in [0.5, 0.6) is 5.75 Å². The lowest BCUT2D eigenvalue weighted by Gasteiger charge is -2.02. The zero-order valence-corrected chi connectivity index (χ0v) is 9.98. The molecule has 0 saturated heterocycles. The van der Waals surface area contributed by atoms with E-state index in [0.717, 1.165) is 0 Å². The van der Waals surface area contributed by atoms with Gasteiger partial charge in [-0.25, -0.2) is 4.79 Å². The number of benzene rings is 2. The van der Waals surface area contributed by atoms with Crippen molar-refractivity contribution in [2.24, 2.45) is 10.9 Å². The van der Waals surface area contributed by atoms with Crippen LogP contribution in [0.15, 0.2) is 59.8 Å². The van der Waals surface area contributed by atoms with Crippen LogP contribution < -0.4 is 5.73 Å². The summed E-state index contributed by atoms with van der Waals surface area (Å²) in [7, 11) is 0. The molecule has 2 aromatic carbocycles. The maximum Gasteiger partial charge on any atom is 0.369 e. The highest BCUT2D eigenvalue weighted by Crippen LogP contribution is 2.16. The average molecular weight is 256 g/mol. The molecule has 0 aliphatic rings. The van der Waals surface area contributed by atoms with Crippen molar-refractivity contribution in [1.82, 2.24) is 0 Å². The van der Waals surface area contributed by atoms with Gasteiger partial charge in [0.1, 0.15) is 11.3 Å². The smallest absolute Gasteiger partial charge is 0.369 e. The fourth-order valence-electron chi connectivity index (χ4n) is 1.45. The van der Waals surface area contributed by atoms with Gasteiger partial charge in [-0.15, -0.1) is 0 Å². The Morgan fingerprint density at radius 1 is 1.05 bits per heavy atom. The quantitative estimate of drug-likeness (QED) is 0.380. The molecule has 3 N–H and O–H groups in total. The van der Waals surface area contributed by atoms with Crippen molar-refractivity contribution in [1.29, 1.82) is 0 Å². The van der Waals surface area contributed by atoms with Gasteiger partial charge in [0, 0.05) is 5.56 Å².